The van der Waals surface area contributed by atoms with Crippen molar-refractivity contribution in [2.24, 2.45) is 23.7 Å². The highest BCUT2D eigenvalue weighted by molar-refractivity contribution is 5.52. The van der Waals surface area contributed by atoms with Gasteiger partial charge in [0.2, 0.25) is 0 Å². The highest BCUT2D eigenvalue weighted by Gasteiger charge is 2.52. The summed E-state index contributed by atoms with van der Waals surface area (Å²) in [5.74, 6) is 5.82. The van der Waals surface area contributed by atoms with Crippen LogP contribution < -0.4 is 0 Å². The van der Waals surface area contributed by atoms with Gasteiger partial charge in [0.05, 0.1) is 0 Å². The Labute approximate surface area is 143 Å². The molecule has 1 aromatic rings. The van der Waals surface area contributed by atoms with Gasteiger partial charge in [-0.05, 0) is 129 Å². The first-order valence-corrected chi connectivity index (χ1v) is 10.00. The van der Waals surface area contributed by atoms with Gasteiger partial charge in [0.25, 0.3) is 0 Å². The van der Waals surface area contributed by atoms with E-state index in [2.05, 4.69) is 41.5 Å². The number of rotatable bonds is 2. The van der Waals surface area contributed by atoms with Crippen LogP contribution in [0.4, 0.5) is 0 Å². The van der Waals surface area contributed by atoms with Crippen LogP contribution in [0.1, 0.15) is 91.2 Å². The predicted molar refractivity (Wildman–Crippen MR) is 99.3 cm³/mol. The Balaban J connectivity index is 1.73. The molecule has 0 aromatic heterocycles. The van der Waals surface area contributed by atoms with Crippen LogP contribution in [0.2, 0.25) is 0 Å². The Morgan fingerprint density at radius 1 is 0.696 bits per heavy atom. The van der Waals surface area contributed by atoms with E-state index in [4.69, 9.17) is 0 Å². The van der Waals surface area contributed by atoms with Crippen molar-refractivity contribution < 1.29 is 0 Å². The summed E-state index contributed by atoms with van der Waals surface area (Å²) in [5.41, 5.74) is 9.76. The molecule has 23 heavy (non-hydrogen) atoms. The third-order valence-electron chi connectivity index (χ3n) is 8.11. The number of hydrogen-bond donors (Lipinski definition) is 0. The van der Waals surface area contributed by atoms with E-state index in [0.29, 0.717) is 5.92 Å². The molecule has 0 aliphatic heterocycles. The first-order chi connectivity index (χ1) is 10.9. The molecule has 4 atom stereocenters. The molecule has 0 heteroatoms. The number of benzene rings is 1. The maximum atomic E-state index is 2.41. The van der Waals surface area contributed by atoms with Crippen molar-refractivity contribution in [2.75, 3.05) is 0 Å². The van der Waals surface area contributed by atoms with Crippen LogP contribution in [-0.4, -0.2) is 0 Å². The van der Waals surface area contributed by atoms with Crippen molar-refractivity contribution >= 4 is 0 Å². The highest BCUT2D eigenvalue weighted by Crippen LogP contribution is 2.62. The minimum atomic E-state index is 0.639. The van der Waals surface area contributed by atoms with Gasteiger partial charge in [-0.2, -0.15) is 0 Å². The SMILES string of the molecule is Cc1c(C)c(C2CC3C4CCC(C4)C3C2)c(C)c(C)c1C(C)C. The van der Waals surface area contributed by atoms with Crippen molar-refractivity contribution in [3.8, 4) is 0 Å². The Hall–Kier alpha value is -0.780. The average Bonchev–Trinajstić information content (AvgIpc) is 3.17. The topological polar surface area (TPSA) is 0 Å². The second-order valence-electron chi connectivity index (χ2n) is 9.31. The summed E-state index contributed by atoms with van der Waals surface area (Å²) in [4.78, 5) is 0. The summed E-state index contributed by atoms with van der Waals surface area (Å²) in [6.45, 7) is 14.3. The van der Waals surface area contributed by atoms with Crippen LogP contribution in [0.15, 0.2) is 0 Å². The largest absolute Gasteiger partial charge is 0.0587 e. The summed E-state index contributed by atoms with van der Waals surface area (Å²) in [7, 11) is 0. The van der Waals surface area contributed by atoms with Gasteiger partial charge in [-0.25, -0.2) is 0 Å². The molecule has 0 N–H and O–H groups in total. The van der Waals surface area contributed by atoms with Crippen LogP contribution in [-0.2, 0) is 0 Å². The molecule has 3 aliphatic carbocycles. The van der Waals surface area contributed by atoms with Gasteiger partial charge >= 0.3 is 0 Å². The Morgan fingerprint density at radius 2 is 1.17 bits per heavy atom. The summed E-state index contributed by atoms with van der Waals surface area (Å²) < 4.78 is 0. The van der Waals surface area contributed by atoms with E-state index in [0.717, 1.165) is 29.6 Å². The van der Waals surface area contributed by atoms with Gasteiger partial charge in [-0.3, -0.25) is 0 Å². The van der Waals surface area contributed by atoms with E-state index in [1.807, 2.05) is 0 Å². The normalized spacial score (nSPS) is 35.3. The molecule has 4 unspecified atom stereocenters. The predicted octanol–water partition coefficient (Wildman–Crippen LogP) is 6.58. The molecule has 2 bridgehead atoms. The molecule has 3 fully saturated rings. The molecule has 0 nitrogen and oxygen atoms in total. The van der Waals surface area contributed by atoms with Crippen LogP contribution in [0.3, 0.4) is 0 Å². The molecule has 0 heterocycles. The van der Waals surface area contributed by atoms with E-state index in [1.54, 1.807) is 52.6 Å². The van der Waals surface area contributed by atoms with Crippen molar-refractivity contribution in [3.63, 3.8) is 0 Å². The molecule has 0 amide bonds. The van der Waals surface area contributed by atoms with E-state index in [1.165, 1.54) is 12.8 Å². The van der Waals surface area contributed by atoms with Crippen molar-refractivity contribution in [3.05, 3.63) is 33.4 Å². The fourth-order valence-corrected chi connectivity index (χ4v) is 7.10. The van der Waals surface area contributed by atoms with Crippen molar-refractivity contribution in [2.45, 2.75) is 85.5 Å². The summed E-state index contributed by atoms with van der Waals surface area (Å²) in [6, 6.07) is 0. The van der Waals surface area contributed by atoms with Crippen LogP contribution in [0, 0.1) is 51.4 Å². The first-order valence-electron chi connectivity index (χ1n) is 10.00. The van der Waals surface area contributed by atoms with E-state index >= 15 is 0 Å². The molecule has 126 valence electrons. The minimum absolute atomic E-state index is 0.639. The van der Waals surface area contributed by atoms with Gasteiger partial charge < -0.3 is 0 Å². The average molecular weight is 311 g/mol. The third kappa shape index (κ3) is 2.16. The summed E-state index contributed by atoms with van der Waals surface area (Å²) in [6.07, 6.45) is 7.65. The molecule has 1 aromatic carbocycles. The lowest BCUT2D eigenvalue weighted by Gasteiger charge is -2.26. The second kappa shape index (κ2) is 5.36. The third-order valence-corrected chi connectivity index (χ3v) is 8.11. The van der Waals surface area contributed by atoms with Crippen molar-refractivity contribution in [1.29, 1.82) is 0 Å². The Morgan fingerprint density at radius 3 is 1.61 bits per heavy atom. The molecule has 3 saturated carbocycles. The zero-order valence-electron chi connectivity index (χ0n) is 16.0. The Kier molecular flexibility index (Phi) is 3.67. The summed E-state index contributed by atoms with van der Waals surface area (Å²) >= 11 is 0. The minimum Gasteiger partial charge on any atom is -0.0587 e. The zero-order chi connectivity index (χ0) is 16.5. The fourth-order valence-electron chi connectivity index (χ4n) is 7.10. The highest BCUT2D eigenvalue weighted by atomic mass is 14.6. The van der Waals surface area contributed by atoms with E-state index < -0.39 is 0 Å². The Bertz CT molecular complexity index is 589. The van der Waals surface area contributed by atoms with Gasteiger partial charge in [0.15, 0.2) is 0 Å². The lowest BCUT2D eigenvalue weighted by atomic mass is 9.79. The van der Waals surface area contributed by atoms with Crippen LogP contribution >= 0.6 is 0 Å². The maximum absolute atomic E-state index is 2.41. The lowest BCUT2D eigenvalue weighted by molar-refractivity contribution is 0.259. The number of fused-ring (bicyclic) bond motifs is 5. The maximum Gasteiger partial charge on any atom is -0.0151 e. The van der Waals surface area contributed by atoms with Gasteiger partial charge in [0.1, 0.15) is 0 Å². The fraction of sp³-hybridized carbons (Fsp3) is 0.739. The molecule has 0 saturated heterocycles. The number of hydrogen-bond acceptors (Lipinski definition) is 0. The van der Waals surface area contributed by atoms with Gasteiger partial charge in [-0.15, -0.1) is 0 Å². The quantitative estimate of drug-likeness (QED) is 0.578. The van der Waals surface area contributed by atoms with Gasteiger partial charge in [0, 0.05) is 0 Å². The monoisotopic (exact) mass is 310 g/mol. The van der Waals surface area contributed by atoms with E-state index in [-0.39, 0.29) is 0 Å². The molecule has 0 radical (unpaired) electrons. The molecular formula is C23H34. The molecule has 0 spiro atoms. The zero-order valence-corrected chi connectivity index (χ0v) is 16.0. The van der Waals surface area contributed by atoms with Crippen molar-refractivity contribution in [1.82, 2.24) is 0 Å². The van der Waals surface area contributed by atoms with Crippen LogP contribution in [0.25, 0.3) is 0 Å². The molecular weight excluding hydrogens is 276 g/mol. The lowest BCUT2D eigenvalue weighted by Crippen LogP contribution is -2.15. The summed E-state index contributed by atoms with van der Waals surface area (Å²) in [5, 5.41) is 0. The second-order valence-corrected chi connectivity index (χ2v) is 9.31. The van der Waals surface area contributed by atoms with Crippen LogP contribution in [0.5, 0.6) is 0 Å². The van der Waals surface area contributed by atoms with E-state index in [9.17, 15) is 0 Å². The smallest absolute Gasteiger partial charge is 0.0151 e. The molecule has 3 aliphatic rings. The van der Waals surface area contributed by atoms with Gasteiger partial charge in [-0.1, -0.05) is 13.8 Å². The first kappa shape index (κ1) is 15.7. The standard InChI is InChI=1S/C23H34/c1-12(2)22-13(3)15(5)23(16(6)14(22)4)19-10-20-17-7-8-18(9-17)21(20)11-19/h12,17-21H,7-11H2,1-6H3. The molecule has 4 rings (SSSR count).